The summed E-state index contributed by atoms with van der Waals surface area (Å²) >= 11 is 5.06. The molecule has 0 aliphatic rings. The van der Waals surface area contributed by atoms with Crippen molar-refractivity contribution < 1.29 is 4.79 Å². The Hall–Kier alpha value is -1.42. The van der Waals surface area contributed by atoms with Crippen molar-refractivity contribution in [2.45, 2.75) is 33.1 Å². The van der Waals surface area contributed by atoms with Gasteiger partial charge in [-0.15, -0.1) is 0 Å². The number of hydrogen-bond donors (Lipinski definition) is 2. The molecule has 3 N–H and O–H groups in total. The number of nitrogens with one attached hydrogen (secondary N) is 1. The van der Waals surface area contributed by atoms with Gasteiger partial charge < -0.3 is 11.1 Å². The van der Waals surface area contributed by atoms with Crippen LogP contribution in [0, 0.1) is 5.41 Å². The summed E-state index contributed by atoms with van der Waals surface area (Å²) in [7, 11) is 0. The predicted molar refractivity (Wildman–Crippen MR) is 83.0 cm³/mol. The number of hydrogen-bond acceptors (Lipinski definition) is 2. The third-order valence-corrected chi connectivity index (χ3v) is 4.05. The minimum atomic E-state index is -0.702. The fourth-order valence-corrected chi connectivity index (χ4v) is 2.55. The van der Waals surface area contributed by atoms with Crippen molar-refractivity contribution in [1.82, 2.24) is 5.32 Å². The van der Waals surface area contributed by atoms with Crippen molar-refractivity contribution in [1.29, 1.82) is 0 Å². The number of carbonyl (C=O) groups excluding carboxylic acids is 1. The maximum absolute atomic E-state index is 12.3. The van der Waals surface area contributed by atoms with Crippen LogP contribution in [0.2, 0.25) is 0 Å². The van der Waals surface area contributed by atoms with Crippen LogP contribution < -0.4 is 11.1 Å². The molecule has 1 amide bonds. The van der Waals surface area contributed by atoms with Gasteiger partial charge in [0.15, 0.2) is 0 Å². The minimum absolute atomic E-state index is 0.0547. The van der Waals surface area contributed by atoms with Crippen LogP contribution in [0.15, 0.2) is 30.3 Å². The Balaban J connectivity index is 2.57. The zero-order valence-electron chi connectivity index (χ0n) is 11.6. The van der Waals surface area contributed by atoms with Gasteiger partial charge in [-0.2, -0.15) is 0 Å². The zero-order valence-corrected chi connectivity index (χ0v) is 12.4. The van der Waals surface area contributed by atoms with Crippen LogP contribution in [-0.4, -0.2) is 17.4 Å². The molecule has 3 nitrogen and oxygen atoms in total. The van der Waals surface area contributed by atoms with Gasteiger partial charge in [0.2, 0.25) is 5.91 Å². The number of nitrogens with two attached hydrogens (primary N) is 1. The van der Waals surface area contributed by atoms with Crippen molar-refractivity contribution in [3.05, 3.63) is 35.9 Å². The molecule has 0 heterocycles. The summed E-state index contributed by atoms with van der Waals surface area (Å²) in [6.45, 7) is 4.49. The fraction of sp³-hybridized carbons (Fsp3) is 0.467. The van der Waals surface area contributed by atoms with Crippen LogP contribution in [0.1, 0.15) is 32.3 Å². The van der Waals surface area contributed by atoms with E-state index in [9.17, 15) is 4.79 Å². The Morgan fingerprint density at radius 3 is 2.32 bits per heavy atom. The van der Waals surface area contributed by atoms with Crippen LogP contribution in [0.4, 0.5) is 0 Å². The number of benzene rings is 1. The Labute approximate surface area is 120 Å². The molecule has 0 saturated carbocycles. The molecule has 0 aromatic heterocycles. The lowest BCUT2D eigenvalue weighted by Gasteiger charge is -2.28. The fourth-order valence-electron chi connectivity index (χ4n) is 2.17. The van der Waals surface area contributed by atoms with Gasteiger partial charge in [-0.25, -0.2) is 0 Å². The van der Waals surface area contributed by atoms with Crippen LogP contribution in [0.5, 0.6) is 0 Å². The van der Waals surface area contributed by atoms with Crippen LogP contribution in [-0.2, 0) is 11.2 Å². The lowest BCUT2D eigenvalue weighted by Crippen LogP contribution is -2.48. The van der Waals surface area contributed by atoms with E-state index in [2.05, 4.69) is 5.32 Å². The SMILES string of the molecule is CCC(CC)(C(=O)NCCc1ccccc1)C(N)=S. The van der Waals surface area contributed by atoms with E-state index in [0.717, 1.165) is 6.42 Å². The topological polar surface area (TPSA) is 55.1 Å². The van der Waals surface area contributed by atoms with Gasteiger partial charge in [-0.3, -0.25) is 4.79 Å². The first-order valence-corrected chi connectivity index (χ1v) is 7.09. The van der Waals surface area contributed by atoms with Crippen LogP contribution >= 0.6 is 12.2 Å². The monoisotopic (exact) mass is 278 g/mol. The van der Waals surface area contributed by atoms with Crippen molar-refractivity contribution >= 4 is 23.1 Å². The molecule has 0 unspecified atom stereocenters. The lowest BCUT2D eigenvalue weighted by atomic mass is 9.81. The third-order valence-electron chi connectivity index (χ3n) is 3.66. The molecule has 1 aromatic rings. The van der Waals surface area contributed by atoms with Gasteiger partial charge in [0, 0.05) is 6.54 Å². The van der Waals surface area contributed by atoms with E-state index >= 15 is 0 Å². The summed E-state index contributed by atoms with van der Waals surface area (Å²) < 4.78 is 0. The highest BCUT2D eigenvalue weighted by Gasteiger charge is 2.37. The quantitative estimate of drug-likeness (QED) is 0.753. The average molecular weight is 278 g/mol. The van der Waals surface area contributed by atoms with Crippen LogP contribution in [0.3, 0.4) is 0 Å². The van der Waals surface area contributed by atoms with E-state index in [0.29, 0.717) is 19.4 Å². The second-order valence-electron chi connectivity index (χ2n) is 4.64. The average Bonchev–Trinajstić information content (AvgIpc) is 2.41. The second-order valence-corrected chi connectivity index (χ2v) is 5.08. The number of thiocarbonyl (C=S) groups is 1. The van der Waals surface area contributed by atoms with Gasteiger partial charge in [0.25, 0.3) is 0 Å². The molecule has 1 aromatic carbocycles. The normalized spacial score (nSPS) is 11.1. The molecule has 0 saturated heterocycles. The Morgan fingerprint density at radius 2 is 1.84 bits per heavy atom. The summed E-state index contributed by atoms with van der Waals surface area (Å²) in [5.41, 5.74) is 6.25. The first-order valence-electron chi connectivity index (χ1n) is 6.69. The summed E-state index contributed by atoms with van der Waals surface area (Å²) in [4.78, 5) is 12.6. The van der Waals surface area contributed by atoms with Crippen molar-refractivity contribution in [2.24, 2.45) is 11.1 Å². The Bertz CT molecular complexity index is 427. The van der Waals surface area contributed by atoms with Crippen molar-refractivity contribution in [2.75, 3.05) is 6.54 Å². The van der Waals surface area contributed by atoms with E-state index in [1.807, 2.05) is 44.2 Å². The molecule has 0 bridgehead atoms. The summed E-state index contributed by atoms with van der Waals surface area (Å²) in [5, 5.41) is 2.95. The van der Waals surface area contributed by atoms with E-state index in [1.54, 1.807) is 0 Å². The highest BCUT2D eigenvalue weighted by Crippen LogP contribution is 2.27. The van der Waals surface area contributed by atoms with Crippen molar-refractivity contribution in [3.8, 4) is 0 Å². The van der Waals surface area contributed by atoms with E-state index in [1.165, 1.54) is 5.56 Å². The summed E-state index contributed by atoms with van der Waals surface area (Å²) in [6, 6.07) is 10.1. The largest absolute Gasteiger partial charge is 0.392 e. The highest BCUT2D eigenvalue weighted by molar-refractivity contribution is 7.80. The van der Waals surface area contributed by atoms with Gasteiger partial charge in [0.05, 0.1) is 10.4 Å². The van der Waals surface area contributed by atoms with Gasteiger partial charge >= 0.3 is 0 Å². The van der Waals surface area contributed by atoms with E-state index in [-0.39, 0.29) is 10.9 Å². The molecule has 4 heteroatoms. The molecule has 0 aliphatic carbocycles. The van der Waals surface area contributed by atoms with Gasteiger partial charge in [-0.05, 0) is 24.8 Å². The molecule has 0 fully saturated rings. The maximum atomic E-state index is 12.3. The third kappa shape index (κ3) is 3.77. The molecular weight excluding hydrogens is 256 g/mol. The number of amides is 1. The van der Waals surface area contributed by atoms with Crippen LogP contribution in [0.25, 0.3) is 0 Å². The molecular formula is C15H22N2OS. The summed E-state index contributed by atoms with van der Waals surface area (Å²) in [5.74, 6) is -0.0547. The molecule has 0 aliphatic heterocycles. The standard InChI is InChI=1S/C15H22N2OS/c1-3-15(4-2,13(16)19)14(18)17-11-10-12-8-6-5-7-9-12/h5-9H,3-4,10-11H2,1-2H3,(H2,16,19)(H,17,18). The van der Waals surface area contributed by atoms with Gasteiger partial charge in [0.1, 0.15) is 0 Å². The molecule has 19 heavy (non-hydrogen) atoms. The first kappa shape index (κ1) is 15.6. The first-order chi connectivity index (χ1) is 9.06. The van der Waals surface area contributed by atoms with E-state index in [4.69, 9.17) is 18.0 Å². The summed E-state index contributed by atoms with van der Waals surface area (Å²) in [6.07, 6.45) is 2.08. The molecule has 0 atom stereocenters. The molecule has 0 spiro atoms. The minimum Gasteiger partial charge on any atom is -0.392 e. The number of carbonyl (C=O) groups is 1. The lowest BCUT2D eigenvalue weighted by molar-refractivity contribution is -0.127. The number of rotatable bonds is 7. The molecule has 104 valence electrons. The smallest absolute Gasteiger partial charge is 0.233 e. The van der Waals surface area contributed by atoms with E-state index < -0.39 is 5.41 Å². The Kier molecular flexibility index (Phi) is 5.96. The predicted octanol–water partition coefficient (Wildman–Crippen LogP) is 2.44. The highest BCUT2D eigenvalue weighted by atomic mass is 32.1. The van der Waals surface area contributed by atoms with Crippen molar-refractivity contribution in [3.63, 3.8) is 0 Å². The molecule has 0 radical (unpaired) electrons. The Morgan fingerprint density at radius 1 is 1.26 bits per heavy atom. The van der Waals surface area contributed by atoms with Gasteiger partial charge in [-0.1, -0.05) is 56.4 Å². The second kappa shape index (κ2) is 7.24. The maximum Gasteiger partial charge on any atom is 0.233 e. The zero-order chi connectivity index (χ0) is 14.3. The molecule has 1 rings (SSSR count).